The molecule has 0 saturated carbocycles. The van der Waals surface area contributed by atoms with Crippen molar-refractivity contribution < 1.29 is 71.6 Å². The molecule has 8 amide bonds. The lowest BCUT2D eigenvalue weighted by molar-refractivity contribution is -0.152. The van der Waals surface area contributed by atoms with Crippen molar-refractivity contribution in [3.05, 3.63) is 177 Å². The van der Waals surface area contributed by atoms with Crippen molar-refractivity contribution in [3.8, 4) is 28.6 Å². The summed E-state index contributed by atoms with van der Waals surface area (Å²) in [5, 5.41) is 18.8. The van der Waals surface area contributed by atoms with Gasteiger partial charge in [0.25, 0.3) is 35.4 Å². The van der Waals surface area contributed by atoms with Crippen LogP contribution >= 0.6 is 23.2 Å². The molecule has 4 heterocycles. The summed E-state index contributed by atoms with van der Waals surface area (Å²) in [5.74, 6) is -5.24. The minimum atomic E-state index is -1.76. The number of aromatic nitrogens is 4. The lowest BCUT2D eigenvalue weighted by Crippen LogP contribution is -2.52. The molecule has 6 unspecified atom stereocenters. The highest BCUT2D eigenvalue weighted by Gasteiger charge is 2.55. The van der Waals surface area contributed by atoms with Gasteiger partial charge in [-0.15, -0.1) is 5.10 Å². The van der Waals surface area contributed by atoms with Gasteiger partial charge in [0.1, 0.15) is 28.4 Å². The third-order valence-corrected chi connectivity index (χ3v) is 17.3. The SMILES string of the molecule is CC.CCC(Oc1ccc(C)cc1C)C(=O)Nc1ccc(OC)c(NC(=O)C(C(C)=O)N2C(=O)OC(C)(C)C2=O)c1.CCOC1C(=O)N(C(C(C)=O)C(=O)Nc2cc(NC(=O)C(CC)Oc3ccc(C)cc3C)ccc2Cl)C(=O)C1Cc1ccccc1.Cc1ccc(-c2nc3c(Cl)c(C)[nH]n3n2)cc1. The molecule has 0 radical (unpaired) electrons. The number of nitrogens with one attached hydrogen (secondary N) is 5. The van der Waals surface area contributed by atoms with Gasteiger partial charge in [-0.25, -0.2) is 14.7 Å². The molecule has 2 aromatic heterocycles. The molecule has 550 valence electrons. The molecule has 0 bridgehead atoms. The fourth-order valence-corrected chi connectivity index (χ4v) is 11.6. The number of amides is 8. The second-order valence-electron chi connectivity index (χ2n) is 25.0. The van der Waals surface area contributed by atoms with Gasteiger partial charge in [-0.3, -0.25) is 53.1 Å². The maximum absolute atomic E-state index is 13.6. The number of likely N-dealkylation sites (tertiary alicyclic amines) is 1. The number of imide groups is 2. The predicted octanol–water partition coefficient (Wildman–Crippen LogP) is 13.1. The van der Waals surface area contributed by atoms with E-state index >= 15 is 0 Å². The first-order valence-electron chi connectivity index (χ1n) is 33.8. The van der Waals surface area contributed by atoms with Gasteiger partial charge in [0.2, 0.25) is 5.91 Å². The topological polar surface area (TPSA) is 317 Å². The number of H-pyrrole nitrogens is 1. The Morgan fingerprint density at radius 2 is 1.11 bits per heavy atom. The number of methoxy groups -OCH3 is 1. The van der Waals surface area contributed by atoms with Crippen molar-refractivity contribution in [2.45, 2.75) is 159 Å². The summed E-state index contributed by atoms with van der Waals surface area (Å²) in [6, 6.07) is 34.0. The molecule has 8 aromatic rings. The average molecular weight is 1460 g/mol. The third-order valence-electron chi connectivity index (χ3n) is 16.6. The fraction of sp³-hybridized carbons (Fsp3) is 0.351. The van der Waals surface area contributed by atoms with Gasteiger partial charge in [0, 0.05) is 23.5 Å². The van der Waals surface area contributed by atoms with Crippen LogP contribution in [0.3, 0.4) is 0 Å². The van der Waals surface area contributed by atoms with Crippen LogP contribution < -0.4 is 35.5 Å². The van der Waals surface area contributed by atoms with Crippen LogP contribution in [0.4, 0.5) is 27.5 Å². The minimum absolute atomic E-state index is 0.0698. The van der Waals surface area contributed by atoms with Crippen molar-refractivity contribution in [3.63, 3.8) is 0 Å². The zero-order chi connectivity index (χ0) is 76.6. The van der Waals surface area contributed by atoms with Gasteiger partial charge in [0.15, 0.2) is 52.9 Å². The van der Waals surface area contributed by atoms with Crippen molar-refractivity contribution in [1.29, 1.82) is 0 Å². The highest BCUT2D eigenvalue weighted by atomic mass is 35.5. The first kappa shape index (κ1) is 80.6. The fourth-order valence-electron chi connectivity index (χ4n) is 11.3. The van der Waals surface area contributed by atoms with E-state index in [2.05, 4.69) is 43.4 Å². The van der Waals surface area contributed by atoms with Crippen LogP contribution in [0.25, 0.3) is 17.0 Å². The molecule has 5 N–H and O–H groups in total. The smallest absolute Gasteiger partial charge is 0.418 e. The van der Waals surface area contributed by atoms with E-state index in [1.165, 1.54) is 50.8 Å². The number of aryl methyl sites for hydroxylation is 6. The largest absolute Gasteiger partial charge is 0.495 e. The van der Waals surface area contributed by atoms with Crippen LogP contribution in [0, 0.1) is 47.5 Å². The maximum Gasteiger partial charge on any atom is 0.418 e. The number of cyclic esters (lactones) is 1. The highest BCUT2D eigenvalue weighted by Crippen LogP contribution is 2.35. The molecule has 6 atom stereocenters. The van der Waals surface area contributed by atoms with E-state index in [-0.39, 0.29) is 35.2 Å². The van der Waals surface area contributed by atoms with E-state index in [1.54, 1.807) is 23.7 Å². The number of Topliss-reactive ketones (excluding diaryl/α,β-unsaturated/α-hetero) is 2. The molecular formula is C77H88Cl2N10O15. The minimum Gasteiger partial charge on any atom is -0.495 e. The van der Waals surface area contributed by atoms with Crippen LogP contribution in [-0.4, -0.2) is 138 Å². The molecule has 25 nitrogen and oxygen atoms in total. The number of hydrogen-bond acceptors (Lipinski definition) is 17. The summed E-state index contributed by atoms with van der Waals surface area (Å²) in [4.78, 5) is 136. The van der Waals surface area contributed by atoms with Crippen molar-refractivity contribution in [2.75, 3.05) is 35.0 Å². The van der Waals surface area contributed by atoms with Crippen LogP contribution in [0.1, 0.15) is 114 Å². The number of fused-ring (bicyclic) bond motifs is 1. The Hall–Kier alpha value is -10.8. The lowest BCUT2D eigenvalue weighted by Gasteiger charge is -2.24. The number of ketones is 2. The maximum atomic E-state index is 13.6. The standard InChI is InChI=1S/C35H38ClN3O7.C28H33N3O8.C12H11ClN4.C2H6/c1-6-28(46-29-16-13-20(3)17-21(29)4)32(41)37-24-14-15-26(36)27(19-24)38-33(42)30(22(5)40)39-34(43)25(31(35(39)44)45-7-2)18-23-11-9-8-10-12-23;1-8-20(38-21-11-9-15(2)13-16(21)3)24(33)29-18-10-12-22(37-7)19(14-18)30-25(34)23(17(4)32)31-26(35)28(5,6)39-27(31)36;1-7-3-5-9(6-4-7)11-14-12-10(13)8(2)15-17(12)16-11;1-2/h8-17,19,25,28,30-31H,6-7,18H2,1-5H3,(H,37,41)(H,38,42);9-14,20,23H,8H2,1-7H3,(H,29,33)(H,30,34);3-6,15H,1-2H3;1-2H3. The molecule has 2 aliphatic heterocycles. The summed E-state index contributed by atoms with van der Waals surface area (Å²) < 4.78 is 29.5. The summed E-state index contributed by atoms with van der Waals surface area (Å²) >= 11 is 12.5. The third kappa shape index (κ3) is 19.5. The Morgan fingerprint density at radius 1 is 0.606 bits per heavy atom. The molecular weight excluding hydrogens is 1380 g/mol. The quantitative estimate of drug-likeness (QED) is 0.0277. The second kappa shape index (κ2) is 35.9. The van der Waals surface area contributed by atoms with Gasteiger partial charge in [-0.05, 0) is 161 Å². The number of anilines is 4. The normalized spacial score (nSPS) is 15.5. The Morgan fingerprint density at radius 3 is 1.59 bits per heavy atom. The van der Waals surface area contributed by atoms with E-state index in [1.807, 2.05) is 153 Å². The molecule has 27 heteroatoms. The van der Waals surface area contributed by atoms with Gasteiger partial charge in [-0.1, -0.05) is 146 Å². The van der Waals surface area contributed by atoms with Gasteiger partial charge in [-0.2, -0.15) is 4.63 Å². The van der Waals surface area contributed by atoms with Crippen molar-refractivity contribution >= 4 is 111 Å². The van der Waals surface area contributed by atoms with Crippen molar-refractivity contribution in [2.24, 2.45) is 5.92 Å². The summed E-state index contributed by atoms with van der Waals surface area (Å²) in [6.45, 7) is 26.1. The number of carbonyl (C=O) groups excluding carboxylic acids is 10. The van der Waals surface area contributed by atoms with E-state index in [4.69, 9.17) is 46.9 Å². The molecule has 0 aliphatic carbocycles. The second-order valence-corrected chi connectivity index (χ2v) is 25.8. The van der Waals surface area contributed by atoms with Gasteiger partial charge in [0.05, 0.1) is 35.1 Å². The molecule has 10 rings (SSSR count). The van der Waals surface area contributed by atoms with E-state index in [0.717, 1.165) is 52.9 Å². The molecule has 6 aromatic carbocycles. The van der Waals surface area contributed by atoms with Gasteiger partial charge < -0.3 is 45.0 Å². The molecule has 2 aliphatic rings. The van der Waals surface area contributed by atoms with E-state index in [0.29, 0.717) is 62.0 Å². The number of ether oxygens (including phenoxy) is 5. The summed E-state index contributed by atoms with van der Waals surface area (Å²) in [7, 11) is 1.38. The number of hydrogen-bond donors (Lipinski definition) is 5. The first-order valence-corrected chi connectivity index (χ1v) is 34.6. The zero-order valence-corrected chi connectivity index (χ0v) is 62.5. The monoisotopic (exact) mass is 1460 g/mol. The number of benzene rings is 6. The molecule has 2 saturated heterocycles. The Labute approximate surface area is 613 Å². The van der Waals surface area contributed by atoms with Crippen LogP contribution in [0.2, 0.25) is 10.0 Å². The number of rotatable bonds is 24. The Balaban J connectivity index is 0.000000234. The van der Waals surface area contributed by atoms with Crippen LogP contribution in [-0.2, 0) is 59.0 Å². The summed E-state index contributed by atoms with van der Waals surface area (Å²) in [6.07, 6.45) is -2.85. The number of carbonyl (C=O) groups is 10. The number of nitrogens with zero attached hydrogens (tertiary/aromatic N) is 5. The van der Waals surface area contributed by atoms with E-state index < -0.39 is 101 Å². The van der Waals surface area contributed by atoms with Crippen LogP contribution in [0.15, 0.2) is 127 Å². The molecule has 2 fully saturated rings. The Kier molecular flexibility index (Phi) is 27.8. The molecule has 0 spiro atoms. The number of aromatic amines is 1. The average Bonchev–Trinajstić information content (AvgIpc) is 1.56. The van der Waals surface area contributed by atoms with Crippen LogP contribution in [0.5, 0.6) is 17.2 Å². The molecule has 104 heavy (non-hydrogen) atoms. The first-order chi connectivity index (χ1) is 49.4. The zero-order valence-electron chi connectivity index (χ0n) is 61.0. The van der Waals surface area contributed by atoms with E-state index in [9.17, 15) is 47.9 Å². The lowest BCUT2D eigenvalue weighted by atomic mass is 9.95. The Bertz CT molecular complexity index is 4500. The number of halogens is 2. The predicted molar refractivity (Wildman–Crippen MR) is 396 cm³/mol. The summed E-state index contributed by atoms with van der Waals surface area (Å²) in [5.41, 5.74) is 7.78. The van der Waals surface area contributed by atoms with Gasteiger partial charge >= 0.3 is 6.09 Å². The van der Waals surface area contributed by atoms with Crippen molar-refractivity contribution in [1.82, 2.24) is 29.6 Å². The highest BCUT2D eigenvalue weighted by molar-refractivity contribution is 6.34.